The van der Waals surface area contributed by atoms with Crippen molar-refractivity contribution in [1.29, 1.82) is 0 Å². The average molecular weight is 241 g/mol. The van der Waals surface area contributed by atoms with Gasteiger partial charge in [-0.2, -0.15) is 0 Å². The summed E-state index contributed by atoms with van der Waals surface area (Å²) in [5.74, 6) is 0. The maximum atomic E-state index is 3.65. The average Bonchev–Trinajstić information content (AvgIpc) is 2.37. The molecule has 3 nitrogen and oxygen atoms in total. The van der Waals surface area contributed by atoms with E-state index in [4.69, 9.17) is 0 Å². The van der Waals surface area contributed by atoms with Crippen LogP contribution in [0.5, 0.6) is 0 Å². The second kappa shape index (κ2) is 8.90. The Morgan fingerprint density at radius 2 is 1.59 bits per heavy atom. The van der Waals surface area contributed by atoms with Crippen LogP contribution in [0, 0.1) is 0 Å². The molecule has 1 atom stereocenters. The molecule has 1 aliphatic rings. The molecule has 17 heavy (non-hydrogen) atoms. The fourth-order valence-electron chi connectivity index (χ4n) is 2.51. The molecule has 0 bridgehead atoms. The van der Waals surface area contributed by atoms with Crippen LogP contribution in [0.1, 0.15) is 40.0 Å². The Hall–Kier alpha value is -0.120. The van der Waals surface area contributed by atoms with E-state index in [0.717, 1.165) is 6.54 Å². The first kappa shape index (κ1) is 14.9. The Bertz CT molecular complexity index is 176. The summed E-state index contributed by atoms with van der Waals surface area (Å²) in [5.41, 5.74) is 0. The topological polar surface area (TPSA) is 18.5 Å². The van der Waals surface area contributed by atoms with Crippen molar-refractivity contribution in [3.63, 3.8) is 0 Å². The number of hydrogen-bond donors (Lipinski definition) is 1. The summed E-state index contributed by atoms with van der Waals surface area (Å²) >= 11 is 0. The molecule has 3 heteroatoms. The Labute approximate surface area is 108 Å². The normalized spacial score (nSPS) is 20.6. The lowest BCUT2D eigenvalue weighted by molar-refractivity contribution is 0.122. The van der Waals surface area contributed by atoms with E-state index >= 15 is 0 Å². The highest BCUT2D eigenvalue weighted by atomic mass is 15.3. The molecule has 0 saturated carbocycles. The van der Waals surface area contributed by atoms with Crippen molar-refractivity contribution in [2.24, 2.45) is 0 Å². The van der Waals surface area contributed by atoms with Crippen LogP contribution in [0.4, 0.5) is 0 Å². The zero-order chi connectivity index (χ0) is 12.5. The Morgan fingerprint density at radius 3 is 2.12 bits per heavy atom. The molecule has 0 spiro atoms. The van der Waals surface area contributed by atoms with Crippen molar-refractivity contribution < 1.29 is 0 Å². The Kier molecular flexibility index (Phi) is 7.82. The molecule has 1 aliphatic heterocycles. The summed E-state index contributed by atoms with van der Waals surface area (Å²) in [7, 11) is 0. The fourth-order valence-corrected chi connectivity index (χ4v) is 2.51. The zero-order valence-corrected chi connectivity index (χ0v) is 12.0. The largest absolute Gasteiger partial charge is 0.313 e. The van der Waals surface area contributed by atoms with E-state index < -0.39 is 0 Å². The number of hydrogen-bond acceptors (Lipinski definition) is 3. The standard InChI is InChI=1S/C14H31N3/c1-4-7-15-14(6-3)13-17-11-9-16(8-5-2)10-12-17/h14-15H,4-13H2,1-3H3. The summed E-state index contributed by atoms with van der Waals surface area (Å²) in [6.07, 6.45) is 3.77. The molecule has 0 aliphatic carbocycles. The molecule has 0 aromatic rings. The molecular weight excluding hydrogens is 210 g/mol. The molecule has 0 radical (unpaired) electrons. The van der Waals surface area contributed by atoms with Gasteiger partial charge >= 0.3 is 0 Å². The smallest absolute Gasteiger partial charge is 0.0192 e. The van der Waals surface area contributed by atoms with Crippen LogP contribution in [-0.2, 0) is 0 Å². The molecule has 1 heterocycles. The maximum Gasteiger partial charge on any atom is 0.0192 e. The minimum Gasteiger partial charge on any atom is -0.313 e. The highest BCUT2D eigenvalue weighted by Crippen LogP contribution is 2.04. The number of rotatable bonds is 8. The third kappa shape index (κ3) is 5.84. The van der Waals surface area contributed by atoms with Gasteiger partial charge in [0.1, 0.15) is 0 Å². The molecule has 1 saturated heterocycles. The number of nitrogens with zero attached hydrogens (tertiary/aromatic N) is 2. The number of piperazine rings is 1. The summed E-state index contributed by atoms with van der Waals surface area (Å²) in [5, 5.41) is 3.65. The predicted molar refractivity (Wildman–Crippen MR) is 75.5 cm³/mol. The van der Waals surface area contributed by atoms with Crippen LogP contribution in [0.2, 0.25) is 0 Å². The predicted octanol–water partition coefficient (Wildman–Crippen LogP) is 1.79. The second-order valence-electron chi connectivity index (χ2n) is 5.20. The van der Waals surface area contributed by atoms with Gasteiger partial charge < -0.3 is 10.2 Å². The van der Waals surface area contributed by atoms with E-state index in [-0.39, 0.29) is 0 Å². The van der Waals surface area contributed by atoms with Gasteiger partial charge in [0.05, 0.1) is 0 Å². The van der Waals surface area contributed by atoms with Gasteiger partial charge in [-0.05, 0) is 32.4 Å². The van der Waals surface area contributed by atoms with Gasteiger partial charge in [-0.15, -0.1) is 0 Å². The molecule has 1 rings (SSSR count). The summed E-state index contributed by atoms with van der Waals surface area (Å²) in [6, 6.07) is 0.688. The van der Waals surface area contributed by atoms with Crippen molar-refractivity contribution in [1.82, 2.24) is 15.1 Å². The van der Waals surface area contributed by atoms with E-state index in [1.807, 2.05) is 0 Å². The van der Waals surface area contributed by atoms with Gasteiger partial charge in [-0.1, -0.05) is 20.8 Å². The lowest BCUT2D eigenvalue weighted by Crippen LogP contribution is -2.50. The Balaban J connectivity index is 2.19. The highest BCUT2D eigenvalue weighted by Gasteiger charge is 2.18. The third-order valence-corrected chi connectivity index (χ3v) is 3.66. The summed E-state index contributed by atoms with van der Waals surface area (Å²) < 4.78 is 0. The summed E-state index contributed by atoms with van der Waals surface area (Å²) in [6.45, 7) is 15.5. The van der Waals surface area contributed by atoms with Crippen molar-refractivity contribution >= 4 is 0 Å². The third-order valence-electron chi connectivity index (χ3n) is 3.66. The molecular formula is C14H31N3. The second-order valence-corrected chi connectivity index (χ2v) is 5.20. The van der Waals surface area contributed by atoms with Crippen molar-refractivity contribution in [2.45, 2.75) is 46.1 Å². The molecule has 1 N–H and O–H groups in total. The first-order valence-electron chi connectivity index (χ1n) is 7.48. The lowest BCUT2D eigenvalue weighted by atomic mass is 10.2. The molecule has 0 aromatic heterocycles. The van der Waals surface area contributed by atoms with Crippen LogP contribution in [0.25, 0.3) is 0 Å². The van der Waals surface area contributed by atoms with E-state index in [0.29, 0.717) is 6.04 Å². The van der Waals surface area contributed by atoms with Crippen LogP contribution in [0.15, 0.2) is 0 Å². The molecule has 1 fully saturated rings. The van der Waals surface area contributed by atoms with Gasteiger partial charge in [-0.3, -0.25) is 4.90 Å². The van der Waals surface area contributed by atoms with E-state index in [1.54, 1.807) is 0 Å². The first-order valence-corrected chi connectivity index (χ1v) is 7.48. The van der Waals surface area contributed by atoms with Gasteiger partial charge in [0.2, 0.25) is 0 Å². The minimum atomic E-state index is 0.688. The molecule has 102 valence electrons. The minimum absolute atomic E-state index is 0.688. The fraction of sp³-hybridized carbons (Fsp3) is 1.00. The van der Waals surface area contributed by atoms with E-state index in [2.05, 4.69) is 35.9 Å². The lowest BCUT2D eigenvalue weighted by Gasteiger charge is -2.36. The van der Waals surface area contributed by atoms with Gasteiger partial charge in [0.25, 0.3) is 0 Å². The SMILES string of the molecule is CCCNC(CC)CN1CCN(CCC)CC1. The molecule has 0 amide bonds. The highest BCUT2D eigenvalue weighted by molar-refractivity contribution is 4.76. The Morgan fingerprint density at radius 1 is 0.941 bits per heavy atom. The van der Waals surface area contributed by atoms with Gasteiger partial charge in [0.15, 0.2) is 0 Å². The van der Waals surface area contributed by atoms with Gasteiger partial charge in [0, 0.05) is 38.8 Å². The van der Waals surface area contributed by atoms with Crippen LogP contribution in [-0.4, -0.2) is 61.7 Å². The van der Waals surface area contributed by atoms with Crippen LogP contribution >= 0.6 is 0 Å². The van der Waals surface area contributed by atoms with Crippen molar-refractivity contribution in [3.8, 4) is 0 Å². The maximum absolute atomic E-state index is 3.65. The van der Waals surface area contributed by atoms with Crippen molar-refractivity contribution in [3.05, 3.63) is 0 Å². The quantitative estimate of drug-likeness (QED) is 0.699. The van der Waals surface area contributed by atoms with Crippen LogP contribution in [0.3, 0.4) is 0 Å². The number of nitrogens with one attached hydrogen (secondary N) is 1. The van der Waals surface area contributed by atoms with E-state index in [9.17, 15) is 0 Å². The first-order chi connectivity index (χ1) is 8.30. The van der Waals surface area contributed by atoms with Crippen LogP contribution < -0.4 is 5.32 Å². The zero-order valence-electron chi connectivity index (χ0n) is 12.0. The van der Waals surface area contributed by atoms with E-state index in [1.165, 1.54) is 58.5 Å². The summed E-state index contributed by atoms with van der Waals surface area (Å²) in [4.78, 5) is 5.22. The molecule has 1 unspecified atom stereocenters. The van der Waals surface area contributed by atoms with Crippen molar-refractivity contribution in [2.75, 3.05) is 45.8 Å². The monoisotopic (exact) mass is 241 g/mol. The molecule has 0 aromatic carbocycles. The van der Waals surface area contributed by atoms with Gasteiger partial charge in [-0.25, -0.2) is 0 Å².